The van der Waals surface area contributed by atoms with E-state index in [1.807, 2.05) is 38.1 Å². The van der Waals surface area contributed by atoms with Gasteiger partial charge in [0.15, 0.2) is 12.1 Å². The summed E-state index contributed by atoms with van der Waals surface area (Å²) in [4.78, 5) is 0. The minimum atomic E-state index is -0.855. The summed E-state index contributed by atoms with van der Waals surface area (Å²) in [5.74, 6) is 0.0542. The molecule has 0 unspecified atom stereocenters. The molecule has 5 atom stereocenters. The minimum Gasteiger partial charge on any atom is -0.497 e. The molecule has 2 saturated heterocycles. The van der Waals surface area contributed by atoms with E-state index in [0.29, 0.717) is 6.61 Å². The largest absolute Gasteiger partial charge is 0.497 e. The fourth-order valence-corrected chi connectivity index (χ4v) is 3.02. The molecule has 3 rings (SSSR count). The number of ether oxygens (including phenoxy) is 5. The first-order valence-corrected chi connectivity index (χ1v) is 8.00. The number of aliphatic hydroxyl groups excluding tert-OH is 1. The molecule has 24 heavy (non-hydrogen) atoms. The Morgan fingerprint density at radius 1 is 1.29 bits per heavy atom. The fraction of sp³-hybridized carbons (Fsp3) is 0.556. The molecule has 2 aliphatic rings. The summed E-state index contributed by atoms with van der Waals surface area (Å²) >= 11 is 0. The Balaban J connectivity index is 1.70. The molecule has 0 aliphatic carbocycles. The van der Waals surface area contributed by atoms with Gasteiger partial charge in [0.2, 0.25) is 0 Å². The van der Waals surface area contributed by atoms with Gasteiger partial charge >= 0.3 is 0 Å². The van der Waals surface area contributed by atoms with E-state index < -0.39 is 36.5 Å². The quantitative estimate of drug-likeness (QED) is 0.802. The fourth-order valence-electron chi connectivity index (χ4n) is 3.02. The van der Waals surface area contributed by atoms with Crippen LogP contribution in [0.4, 0.5) is 0 Å². The average molecular weight is 336 g/mol. The zero-order valence-corrected chi connectivity index (χ0v) is 14.2. The molecule has 1 aromatic rings. The van der Waals surface area contributed by atoms with Gasteiger partial charge in [0.05, 0.1) is 13.7 Å². The third-order valence-electron chi connectivity index (χ3n) is 4.21. The highest BCUT2D eigenvalue weighted by Crippen LogP contribution is 2.40. The first-order valence-electron chi connectivity index (χ1n) is 8.00. The zero-order chi connectivity index (χ0) is 17.3. The lowest BCUT2D eigenvalue weighted by atomic mass is 10.1. The van der Waals surface area contributed by atoms with Gasteiger partial charge in [-0.1, -0.05) is 18.2 Å². The molecule has 0 saturated carbocycles. The number of hydrogen-bond acceptors (Lipinski definition) is 6. The Morgan fingerprint density at radius 2 is 2.00 bits per heavy atom. The van der Waals surface area contributed by atoms with Crippen molar-refractivity contribution in [3.63, 3.8) is 0 Å². The summed E-state index contributed by atoms with van der Waals surface area (Å²) in [5.41, 5.74) is 0.990. The normalized spacial score (nSPS) is 32.3. The topological polar surface area (TPSA) is 66.4 Å². The van der Waals surface area contributed by atoms with E-state index in [1.165, 1.54) is 6.08 Å². The van der Waals surface area contributed by atoms with Crippen molar-refractivity contribution in [3.05, 3.63) is 42.5 Å². The second-order valence-corrected chi connectivity index (χ2v) is 6.42. The first kappa shape index (κ1) is 17.4. The lowest BCUT2D eigenvalue weighted by Crippen LogP contribution is -2.41. The predicted octanol–water partition coefficient (Wildman–Crippen LogP) is 2.00. The van der Waals surface area contributed by atoms with Crippen LogP contribution in [-0.2, 0) is 25.6 Å². The molecule has 2 heterocycles. The van der Waals surface area contributed by atoms with Crippen molar-refractivity contribution < 1.29 is 28.8 Å². The summed E-state index contributed by atoms with van der Waals surface area (Å²) in [6.07, 6.45) is -1.40. The maximum atomic E-state index is 10.1. The maximum absolute atomic E-state index is 10.1. The Hall–Kier alpha value is -1.44. The minimum absolute atomic E-state index is 0.366. The molecule has 0 amide bonds. The number of methoxy groups -OCH3 is 1. The Bertz CT molecular complexity index is 569. The Labute approximate surface area is 141 Å². The molecule has 6 nitrogen and oxygen atoms in total. The van der Waals surface area contributed by atoms with Gasteiger partial charge in [-0.05, 0) is 31.5 Å². The molecule has 6 heteroatoms. The van der Waals surface area contributed by atoms with Gasteiger partial charge in [0.25, 0.3) is 0 Å². The van der Waals surface area contributed by atoms with Crippen molar-refractivity contribution in [1.82, 2.24) is 0 Å². The van der Waals surface area contributed by atoms with E-state index in [2.05, 4.69) is 6.58 Å². The van der Waals surface area contributed by atoms with Crippen molar-refractivity contribution in [1.29, 1.82) is 0 Å². The van der Waals surface area contributed by atoms with Gasteiger partial charge in [-0.2, -0.15) is 0 Å². The van der Waals surface area contributed by atoms with Crippen LogP contribution in [0.1, 0.15) is 19.4 Å². The number of rotatable bonds is 6. The Kier molecular flexibility index (Phi) is 4.94. The average Bonchev–Trinajstić information content (AvgIpc) is 3.04. The summed E-state index contributed by atoms with van der Waals surface area (Å²) < 4.78 is 28.6. The van der Waals surface area contributed by atoms with E-state index >= 15 is 0 Å². The summed E-state index contributed by atoms with van der Waals surface area (Å²) in [5, 5.41) is 10.1. The van der Waals surface area contributed by atoms with E-state index in [4.69, 9.17) is 23.7 Å². The van der Waals surface area contributed by atoms with Crippen LogP contribution in [0.5, 0.6) is 5.75 Å². The van der Waals surface area contributed by atoms with Crippen molar-refractivity contribution >= 4 is 0 Å². The molecule has 1 N–H and O–H groups in total. The van der Waals surface area contributed by atoms with Crippen molar-refractivity contribution in [2.45, 2.75) is 56.9 Å². The van der Waals surface area contributed by atoms with Gasteiger partial charge in [-0.25, -0.2) is 0 Å². The monoisotopic (exact) mass is 336 g/mol. The molecule has 0 spiro atoms. The lowest BCUT2D eigenvalue weighted by molar-refractivity contribution is -0.227. The van der Waals surface area contributed by atoms with Crippen LogP contribution in [0, 0.1) is 0 Å². The number of benzene rings is 1. The summed E-state index contributed by atoms with van der Waals surface area (Å²) in [6, 6.07) is 7.62. The smallest absolute Gasteiger partial charge is 0.190 e. The van der Waals surface area contributed by atoms with Crippen LogP contribution < -0.4 is 4.74 Å². The van der Waals surface area contributed by atoms with Gasteiger partial charge in [0, 0.05) is 0 Å². The molecule has 0 aromatic heterocycles. The highest BCUT2D eigenvalue weighted by atomic mass is 16.8. The van der Waals surface area contributed by atoms with Crippen LogP contribution in [0.15, 0.2) is 36.9 Å². The second-order valence-electron chi connectivity index (χ2n) is 6.42. The first-order chi connectivity index (χ1) is 11.4. The molecule has 0 radical (unpaired) electrons. The van der Waals surface area contributed by atoms with Gasteiger partial charge in [-0.3, -0.25) is 0 Å². The van der Waals surface area contributed by atoms with Crippen molar-refractivity contribution in [3.8, 4) is 5.75 Å². The van der Waals surface area contributed by atoms with Crippen molar-refractivity contribution in [2.75, 3.05) is 7.11 Å². The zero-order valence-electron chi connectivity index (χ0n) is 14.2. The molecule has 0 bridgehead atoms. The molecular formula is C18H24O6. The summed E-state index contributed by atoms with van der Waals surface area (Å²) in [6.45, 7) is 7.64. The predicted molar refractivity (Wildman–Crippen MR) is 86.5 cm³/mol. The van der Waals surface area contributed by atoms with Gasteiger partial charge in [0.1, 0.15) is 30.2 Å². The number of aliphatic hydroxyl groups is 1. The van der Waals surface area contributed by atoms with Crippen molar-refractivity contribution in [2.24, 2.45) is 0 Å². The third kappa shape index (κ3) is 3.48. The maximum Gasteiger partial charge on any atom is 0.190 e. The standard InChI is InChI=1S/C18H24O6/c1-5-13(19)14-15(16-17(22-14)24-18(2,3)23-16)21-10-11-6-8-12(20-4)9-7-11/h5-9,13-17,19H,1,10H2,2-4H3/t13-,14+,15-,16+,17+/m0/s1. The number of fused-ring (bicyclic) bond motifs is 1. The molecule has 2 aliphatic heterocycles. The molecular weight excluding hydrogens is 312 g/mol. The van der Waals surface area contributed by atoms with Crippen LogP contribution in [0.25, 0.3) is 0 Å². The van der Waals surface area contributed by atoms with Gasteiger partial charge in [-0.15, -0.1) is 6.58 Å². The van der Waals surface area contributed by atoms with E-state index in [0.717, 1.165) is 11.3 Å². The van der Waals surface area contributed by atoms with Crippen LogP contribution in [0.2, 0.25) is 0 Å². The molecule has 1 aromatic carbocycles. The van der Waals surface area contributed by atoms with Crippen LogP contribution >= 0.6 is 0 Å². The van der Waals surface area contributed by atoms with E-state index in [9.17, 15) is 5.11 Å². The van der Waals surface area contributed by atoms with E-state index in [-0.39, 0.29) is 0 Å². The highest BCUT2D eigenvalue weighted by Gasteiger charge is 2.56. The Morgan fingerprint density at radius 3 is 2.62 bits per heavy atom. The van der Waals surface area contributed by atoms with Crippen LogP contribution in [-0.4, -0.2) is 48.7 Å². The third-order valence-corrected chi connectivity index (χ3v) is 4.21. The lowest BCUT2D eigenvalue weighted by Gasteiger charge is -2.27. The van der Waals surface area contributed by atoms with Gasteiger partial charge < -0.3 is 28.8 Å². The molecule has 2 fully saturated rings. The second kappa shape index (κ2) is 6.82. The number of hydrogen-bond donors (Lipinski definition) is 1. The van der Waals surface area contributed by atoms with E-state index in [1.54, 1.807) is 7.11 Å². The SMILES string of the molecule is C=C[C@H](O)[C@H]1O[C@@H]2OC(C)(C)O[C@@H]2[C@H]1OCc1ccc(OC)cc1. The van der Waals surface area contributed by atoms with Crippen LogP contribution in [0.3, 0.4) is 0 Å². The molecule has 132 valence electrons. The summed E-state index contributed by atoms with van der Waals surface area (Å²) in [7, 11) is 1.63. The highest BCUT2D eigenvalue weighted by molar-refractivity contribution is 5.26.